The summed E-state index contributed by atoms with van der Waals surface area (Å²) in [6.07, 6.45) is 9.21. The molecule has 3 nitrogen and oxygen atoms in total. The number of amides is 1. The van der Waals surface area contributed by atoms with Crippen LogP contribution >= 0.6 is 35.0 Å². The van der Waals surface area contributed by atoms with Crippen LogP contribution in [0.4, 0.5) is 5.69 Å². The van der Waals surface area contributed by atoms with Gasteiger partial charge in [-0.1, -0.05) is 76.6 Å². The highest BCUT2D eigenvalue weighted by atomic mass is 35.5. The van der Waals surface area contributed by atoms with Gasteiger partial charge in [-0.25, -0.2) is 0 Å². The van der Waals surface area contributed by atoms with E-state index in [1.54, 1.807) is 12.1 Å². The summed E-state index contributed by atoms with van der Waals surface area (Å²) < 4.78 is 0. The molecule has 1 amide bonds. The molecule has 0 saturated heterocycles. The number of rotatable bonds is 7. The number of nitrogens with one attached hydrogen (secondary N) is 1. The van der Waals surface area contributed by atoms with Gasteiger partial charge in [0.25, 0.3) is 0 Å². The van der Waals surface area contributed by atoms with Gasteiger partial charge in [0.1, 0.15) is 0 Å². The summed E-state index contributed by atoms with van der Waals surface area (Å²) in [6.45, 7) is 7.84. The normalized spacial score (nSPS) is 19.8. The van der Waals surface area contributed by atoms with Crippen LogP contribution in [0.2, 0.25) is 10.0 Å². The second-order valence-corrected chi connectivity index (χ2v) is 10.9. The van der Waals surface area contributed by atoms with E-state index < -0.39 is 5.41 Å². The number of carbonyl (C=O) groups is 2. The molecule has 1 aliphatic carbocycles. The van der Waals surface area contributed by atoms with Crippen molar-refractivity contribution < 1.29 is 9.59 Å². The molecule has 1 fully saturated rings. The summed E-state index contributed by atoms with van der Waals surface area (Å²) in [6, 6.07) is 3.31. The number of hydrogen-bond acceptors (Lipinski definition) is 3. The minimum atomic E-state index is -0.492. The van der Waals surface area contributed by atoms with Crippen LogP contribution in [0.5, 0.6) is 0 Å². The zero-order valence-corrected chi connectivity index (χ0v) is 20.3. The maximum atomic E-state index is 12.9. The van der Waals surface area contributed by atoms with Crippen LogP contribution < -0.4 is 5.32 Å². The third kappa shape index (κ3) is 7.48. The summed E-state index contributed by atoms with van der Waals surface area (Å²) in [4.78, 5) is 26.0. The van der Waals surface area contributed by atoms with Gasteiger partial charge in [0, 0.05) is 16.2 Å². The lowest BCUT2D eigenvalue weighted by molar-refractivity contribution is -0.121. The highest BCUT2D eigenvalue weighted by Gasteiger charge is 2.28. The average molecular weight is 458 g/mol. The third-order valence-electron chi connectivity index (χ3n) is 5.53. The van der Waals surface area contributed by atoms with Gasteiger partial charge < -0.3 is 5.32 Å². The Hall–Kier alpha value is -0.710. The maximum Gasteiger partial charge on any atom is 0.227 e. The van der Waals surface area contributed by atoms with Crippen LogP contribution in [0.25, 0.3) is 0 Å². The predicted octanol–water partition coefficient (Wildman–Crippen LogP) is 7.98. The Labute approximate surface area is 189 Å². The fourth-order valence-corrected chi connectivity index (χ4v) is 4.89. The first kappa shape index (κ1) is 24.6. The maximum absolute atomic E-state index is 12.9. The Balaban J connectivity index is 2.02. The van der Waals surface area contributed by atoms with Gasteiger partial charge in [0.2, 0.25) is 5.91 Å². The molecule has 0 radical (unpaired) electrons. The highest BCUT2D eigenvalue weighted by molar-refractivity contribution is 8.13. The van der Waals surface area contributed by atoms with E-state index in [-0.39, 0.29) is 16.9 Å². The number of anilines is 1. The standard InChI is InChI=1S/C23H33Cl2NO2S/c1-5-6-7-8-15-9-11-16(12-10-15)21(27)26-19-13-17(24)18(25)14-20(19)29-22(28)23(2,3)4/h13-16H,5-12H2,1-4H3,(H,26,27). The van der Waals surface area contributed by atoms with Crippen molar-refractivity contribution in [1.29, 1.82) is 0 Å². The summed E-state index contributed by atoms with van der Waals surface area (Å²) >= 11 is 13.5. The van der Waals surface area contributed by atoms with Gasteiger partial charge in [0.15, 0.2) is 5.12 Å². The molecule has 0 bridgehead atoms. The lowest BCUT2D eigenvalue weighted by Gasteiger charge is -2.28. The molecular weight excluding hydrogens is 425 g/mol. The monoisotopic (exact) mass is 457 g/mol. The van der Waals surface area contributed by atoms with Crippen molar-refractivity contribution in [3.8, 4) is 0 Å². The number of carbonyl (C=O) groups excluding carboxylic acids is 2. The lowest BCUT2D eigenvalue weighted by atomic mass is 9.79. The summed E-state index contributed by atoms with van der Waals surface area (Å²) in [5.41, 5.74) is 0.0749. The third-order valence-corrected chi connectivity index (χ3v) is 7.61. The molecule has 29 heavy (non-hydrogen) atoms. The molecule has 0 heterocycles. The molecule has 162 valence electrons. The first-order valence-electron chi connectivity index (χ1n) is 10.6. The number of hydrogen-bond donors (Lipinski definition) is 1. The Morgan fingerprint density at radius 1 is 1.07 bits per heavy atom. The van der Waals surface area contributed by atoms with Crippen LogP contribution in [0.15, 0.2) is 17.0 Å². The Kier molecular flexibility index (Phi) is 9.37. The molecule has 1 N–H and O–H groups in total. The summed E-state index contributed by atoms with van der Waals surface area (Å²) in [7, 11) is 0. The Morgan fingerprint density at radius 2 is 1.69 bits per heavy atom. The molecule has 0 aliphatic heterocycles. The molecule has 1 aliphatic rings. The van der Waals surface area contributed by atoms with E-state index in [1.165, 1.54) is 25.7 Å². The molecular formula is C23H33Cl2NO2S. The molecule has 2 rings (SSSR count). The molecule has 6 heteroatoms. The summed E-state index contributed by atoms with van der Waals surface area (Å²) in [5, 5.41) is 3.78. The Bertz CT molecular complexity index is 722. The molecule has 1 saturated carbocycles. The number of thioether (sulfide) groups is 1. The predicted molar refractivity (Wildman–Crippen MR) is 125 cm³/mol. The SMILES string of the molecule is CCCCCC1CCC(C(=O)Nc2cc(Cl)c(Cl)cc2SC(=O)C(C)(C)C)CC1. The van der Waals surface area contributed by atoms with Crippen LogP contribution in [0.1, 0.15) is 79.1 Å². The van der Waals surface area contributed by atoms with E-state index in [2.05, 4.69) is 12.2 Å². The molecule has 1 aromatic rings. The molecule has 0 aromatic heterocycles. The first-order chi connectivity index (χ1) is 13.6. The zero-order chi connectivity index (χ0) is 21.6. The van der Waals surface area contributed by atoms with Gasteiger partial charge >= 0.3 is 0 Å². The number of halogens is 2. The van der Waals surface area contributed by atoms with E-state index >= 15 is 0 Å². The molecule has 0 spiro atoms. The quantitative estimate of drug-likeness (QED) is 0.333. The molecule has 1 aromatic carbocycles. The average Bonchev–Trinajstić information content (AvgIpc) is 2.65. The van der Waals surface area contributed by atoms with Crippen molar-refractivity contribution in [2.24, 2.45) is 17.3 Å². The van der Waals surface area contributed by atoms with Crippen molar-refractivity contribution in [3.05, 3.63) is 22.2 Å². The van der Waals surface area contributed by atoms with Gasteiger partial charge in [-0.05, 0) is 55.5 Å². The van der Waals surface area contributed by atoms with Crippen LogP contribution in [-0.4, -0.2) is 11.0 Å². The topological polar surface area (TPSA) is 46.2 Å². The highest BCUT2D eigenvalue weighted by Crippen LogP contribution is 2.39. The first-order valence-corrected chi connectivity index (χ1v) is 12.2. The van der Waals surface area contributed by atoms with Gasteiger partial charge in [-0.2, -0.15) is 0 Å². The fraction of sp³-hybridized carbons (Fsp3) is 0.652. The number of benzene rings is 1. The smallest absolute Gasteiger partial charge is 0.227 e. The van der Waals surface area contributed by atoms with Crippen molar-refractivity contribution in [2.75, 3.05) is 5.32 Å². The van der Waals surface area contributed by atoms with Gasteiger partial charge in [0.05, 0.1) is 15.7 Å². The van der Waals surface area contributed by atoms with Crippen molar-refractivity contribution >= 4 is 51.7 Å². The van der Waals surface area contributed by atoms with E-state index in [0.717, 1.165) is 43.4 Å². The lowest BCUT2D eigenvalue weighted by Crippen LogP contribution is -2.27. The van der Waals surface area contributed by atoms with Crippen molar-refractivity contribution in [1.82, 2.24) is 0 Å². The van der Waals surface area contributed by atoms with Crippen LogP contribution in [0, 0.1) is 17.3 Å². The molecule has 0 unspecified atom stereocenters. The van der Waals surface area contributed by atoms with E-state index in [9.17, 15) is 9.59 Å². The van der Waals surface area contributed by atoms with E-state index in [4.69, 9.17) is 23.2 Å². The minimum Gasteiger partial charge on any atom is -0.325 e. The summed E-state index contributed by atoms with van der Waals surface area (Å²) in [5.74, 6) is 0.787. The minimum absolute atomic E-state index is 0.0129. The van der Waals surface area contributed by atoms with Crippen LogP contribution in [0.3, 0.4) is 0 Å². The second kappa shape index (κ2) is 11.1. The van der Waals surface area contributed by atoms with E-state index in [1.807, 2.05) is 20.8 Å². The van der Waals surface area contributed by atoms with Crippen molar-refractivity contribution in [3.63, 3.8) is 0 Å². The van der Waals surface area contributed by atoms with E-state index in [0.29, 0.717) is 20.6 Å². The van der Waals surface area contributed by atoms with Gasteiger partial charge in [-0.3, -0.25) is 9.59 Å². The zero-order valence-electron chi connectivity index (χ0n) is 17.9. The fourth-order valence-electron chi connectivity index (χ4n) is 3.59. The van der Waals surface area contributed by atoms with Gasteiger partial charge in [-0.15, -0.1) is 0 Å². The van der Waals surface area contributed by atoms with Crippen molar-refractivity contribution in [2.45, 2.75) is 84.0 Å². The number of unbranched alkanes of at least 4 members (excludes halogenated alkanes) is 2. The van der Waals surface area contributed by atoms with Crippen LogP contribution in [-0.2, 0) is 9.59 Å². The largest absolute Gasteiger partial charge is 0.325 e. The Morgan fingerprint density at radius 3 is 2.28 bits per heavy atom. The second-order valence-electron chi connectivity index (χ2n) is 9.10. The molecule has 0 atom stereocenters.